The largest absolute Gasteiger partial charge is 0.383 e. The zero-order valence-electron chi connectivity index (χ0n) is 11.2. The highest BCUT2D eigenvalue weighted by atomic mass is 19.1. The molecule has 102 valence electrons. The van der Waals surface area contributed by atoms with Crippen LogP contribution in [0.5, 0.6) is 0 Å². The Morgan fingerprint density at radius 1 is 1.05 bits per heavy atom. The topological polar surface area (TPSA) is 61.7 Å². The SMILES string of the molecule is Cn1ccc(-c2nn(C)c(N)c2-c2ccc(F)cc2)n1. The molecule has 0 spiro atoms. The van der Waals surface area contributed by atoms with Gasteiger partial charge in [-0.05, 0) is 23.8 Å². The Bertz CT molecular complexity index is 754. The molecule has 2 aromatic heterocycles. The second-order valence-electron chi connectivity index (χ2n) is 4.61. The molecule has 3 rings (SSSR count). The second kappa shape index (κ2) is 4.48. The number of halogens is 1. The number of aromatic nitrogens is 4. The Hall–Kier alpha value is -2.63. The van der Waals surface area contributed by atoms with Gasteiger partial charge < -0.3 is 5.73 Å². The van der Waals surface area contributed by atoms with Gasteiger partial charge in [-0.2, -0.15) is 10.2 Å². The van der Waals surface area contributed by atoms with Crippen LogP contribution in [0.25, 0.3) is 22.5 Å². The summed E-state index contributed by atoms with van der Waals surface area (Å²) >= 11 is 0. The molecule has 0 saturated carbocycles. The zero-order valence-corrected chi connectivity index (χ0v) is 11.2. The molecule has 5 nitrogen and oxygen atoms in total. The number of aryl methyl sites for hydroxylation is 2. The third kappa shape index (κ3) is 1.95. The number of nitrogens with two attached hydrogens (primary N) is 1. The van der Waals surface area contributed by atoms with Crippen molar-refractivity contribution >= 4 is 5.82 Å². The molecule has 20 heavy (non-hydrogen) atoms. The minimum atomic E-state index is -0.282. The third-order valence-corrected chi connectivity index (χ3v) is 3.18. The Morgan fingerprint density at radius 3 is 2.35 bits per heavy atom. The average molecular weight is 271 g/mol. The minimum absolute atomic E-state index is 0.282. The lowest BCUT2D eigenvalue weighted by Gasteiger charge is -2.02. The molecule has 0 aliphatic rings. The van der Waals surface area contributed by atoms with Crippen molar-refractivity contribution in [3.63, 3.8) is 0 Å². The summed E-state index contributed by atoms with van der Waals surface area (Å²) in [5, 5.41) is 8.76. The summed E-state index contributed by atoms with van der Waals surface area (Å²) in [6, 6.07) is 8.06. The molecule has 0 amide bonds. The number of benzene rings is 1. The van der Waals surface area contributed by atoms with E-state index in [1.165, 1.54) is 12.1 Å². The van der Waals surface area contributed by atoms with Crippen LogP contribution in [0, 0.1) is 5.82 Å². The average Bonchev–Trinajstić information content (AvgIpc) is 2.97. The molecular formula is C14H14FN5. The van der Waals surface area contributed by atoms with E-state index in [2.05, 4.69) is 10.2 Å². The molecule has 2 heterocycles. The van der Waals surface area contributed by atoms with Gasteiger partial charge in [0.2, 0.25) is 0 Å². The van der Waals surface area contributed by atoms with Gasteiger partial charge in [0.15, 0.2) is 0 Å². The molecule has 0 radical (unpaired) electrons. The van der Waals surface area contributed by atoms with Gasteiger partial charge in [0.25, 0.3) is 0 Å². The van der Waals surface area contributed by atoms with Crippen molar-refractivity contribution in [2.75, 3.05) is 5.73 Å². The number of nitrogen functional groups attached to an aromatic ring is 1. The summed E-state index contributed by atoms with van der Waals surface area (Å²) in [6.07, 6.45) is 1.84. The lowest BCUT2D eigenvalue weighted by atomic mass is 10.0. The highest BCUT2D eigenvalue weighted by Crippen LogP contribution is 2.34. The summed E-state index contributed by atoms with van der Waals surface area (Å²) in [4.78, 5) is 0. The van der Waals surface area contributed by atoms with E-state index in [0.29, 0.717) is 11.5 Å². The van der Waals surface area contributed by atoms with Crippen molar-refractivity contribution in [3.05, 3.63) is 42.3 Å². The summed E-state index contributed by atoms with van der Waals surface area (Å²) in [5.74, 6) is 0.243. The molecule has 6 heteroatoms. The van der Waals surface area contributed by atoms with E-state index in [4.69, 9.17) is 5.73 Å². The lowest BCUT2D eigenvalue weighted by Crippen LogP contribution is -1.98. The van der Waals surface area contributed by atoms with E-state index < -0.39 is 0 Å². The zero-order chi connectivity index (χ0) is 14.3. The van der Waals surface area contributed by atoms with Crippen LogP contribution in [0.3, 0.4) is 0 Å². The molecule has 0 aliphatic heterocycles. The first-order chi connectivity index (χ1) is 9.56. The van der Waals surface area contributed by atoms with E-state index >= 15 is 0 Å². The van der Waals surface area contributed by atoms with Gasteiger partial charge in [0.1, 0.15) is 23.0 Å². The van der Waals surface area contributed by atoms with Crippen LogP contribution in [0.1, 0.15) is 0 Å². The molecule has 1 aromatic carbocycles. The fourth-order valence-electron chi connectivity index (χ4n) is 2.16. The van der Waals surface area contributed by atoms with Crippen LogP contribution >= 0.6 is 0 Å². The fourth-order valence-corrected chi connectivity index (χ4v) is 2.16. The van der Waals surface area contributed by atoms with E-state index in [0.717, 1.165) is 16.8 Å². The highest BCUT2D eigenvalue weighted by molar-refractivity contribution is 5.86. The quantitative estimate of drug-likeness (QED) is 0.777. The van der Waals surface area contributed by atoms with Crippen molar-refractivity contribution in [2.45, 2.75) is 0 Å². The second-order valence-corrected chi connectivity index (χ2v) is 4.61. The predicted octanol–water partition coefficient (Wildman–Crippen LogP) is 2.21. The molecule has 0 atom stereocenters. The number of nitrogens with zero attached hydrogens (tertiary/aromatic N) is 4. The highest BCUT2D eigenvalue weighted by Gasteiger charge is 2.18. The van der Waals surface area contributed by atoms with Gasteiger partial charge in [0, 0.05) is 20.3 Å². The van der Waals surface area contributed by atoms with Crippen molar-refractivity contribution < 1.29 is 4.39 Å². The van der Waals surface area contributed by atoms with E-state index in [1.54, 1.807) is 28.5 Å². The van der Waals surface area contributed by atoms with Crippen molar-refractivity contribution in [3.8, 4) is 22.5 Å². The van der Waals surface area contributed by atoms with Crippen molar-refractivity contribution in [2.24, 2.45) is 14.1 Å². The van der Waals surface area contributed by atoms with Crippen molar-refractivity contribution in [1.29, 1.82) is 0 Å². The Morgan fingerprint density at radius 2 is 1.75 bits per heavy atom. The van der Waals surface area contributed by atoms with E-state index in [-0.39, 0.29) is 5.82 Å². The summed E-state index contributed by atoms with van der Waals surface area (Å²) in [5.41, 5.74) is 9.10. The van der Waals surface area contributed by atoms with Crippen LogP contribution < -0.4 is 5.73 Å². The fraction of sp³-hybridized carbons (Fsp3) is 0.143. The number of hydrogen-bond donors (Lipinski definition) is 1. The first-order valence-corrected chi connectivity index (χ1v) is 6.14. The molecule has 3 aromatic rings. The Balaban J connectivity index is 2.21. The van der Waals surface area contributed by atoms with Gasteiger partial charge in [0.05, 0.1) is 5.56 Å². The number of hydrogen-bond acceptors (Lipinski definition) is 3. The molecule has 2 N–H and O–H groups in total. The van der Waals surface area contributed by atoms with E-state index in [1.807, 2.05) is 19.3 Å². The minimum Gasteiger partial charge on any atom is -0.383 e. The summed E-state index contributed by atoms with van der Waals surface area (Å²) in [7, 11) is 3.61. The van der Waals surface area contributed by atoms with Crippen molar-refractivity contribution in [1.82, 2.24) is 19.6 Å². The normalized spacial score (nSPS) is 10.9. The van der Waals surface area contributed by atoms with Gasteiger partial charge in [-0.3, -0.25) is 9.36 Å². The van der Waals surface area contributed by atoms with Crippen LogP contribution in [-0.4, -0.2) is 19.6 Å². The van der Waals surface area contributed by atoms with Crippen LogP contribution in [0.4, 0.5) is 10.2 Å². The maximum absolute atomic E-state index is 13.1. The van der Waals surface area contributed by atoms with Crippen LogP contribution in [0.2, 0.25) is 0 Å². The van der Waals surface area contributed by atoms with Gasteiger partial charge in [-0.15, -0.1) is 0 Å². The maximum Gasteiger partial charge on any atom is 0.129 e. The molecule has 0 saturated heterocycles. The first-order valence-electron chi connectivity index (χ1n) is 6.14. The van der Waals surface area contributed by atoms with Gasteiger partial charge in [-0.25, -0.2) is 4.39 Å². The molecule has 0 aliphatic carbocycles. The van der Waals surface area contributed by atoms with Gasteiger partial charge >= 0.3 is 0 Å². The molecule has 0 bridgehead atoms. The molecule has 0 fully saturated rings. The summed E-state index contributed by atoms with van der Waals surface area (Å²) < 4.78 is 16.4. The summed E-state index contributed by atoms with van der Waals surface area (Å²) in [6.45, 7) is 0. The standard InChI is InChI=1S/C14H14FN5/c1-19-8-7-11(17-19)13-12(14(16)20(2)18-13)9-3-5-10(15)6-4-9/h3-8H,16H2,1-2H3. The molecule has 0 unspecified atom stereocenters. The number of anilines is 1. The maximum atomic E-state index is 13.1. The van der Waals surface area contributed by atoms with E-state index in [9.17, 15) is 4.39 Å². The molecular weight excluding hydrogens is 257 g/mol. The third-order valence-electron chi connectivity index (χ3n) is 3.18. The lowest BCUT2D eigenvalue weighted by molar-refractivity contribution is 0.628. The van der Waals surface area contributed by atoms with Crippen LogP contribution in [-0.2, 0) is 14.1 Å². The Labute approximate surface area is 115 Å². The van der Waals surface area contributed by atoms with Crippen LogP contribution in [0.15, 0.2) is 36.5 Å². The first kappa shape index (κ1) is 12.4. The monoisotopic (exact) mass is 271 g/mol. The van der Waals surface area contributed by atoms with Gasteiger partial charge in [-0.1, -0.05) is 12.1 Å². The predicted molar refractivity (Wildman–Crippen MR) is 75.2 cm³/mol. The number of rotatable bonds is 2. The Kier molecular flexibility index (Phi) is 2.78. The smallest absolute Gasteiger partial charge is 0.129 e.